The van der Waals surface area contributed by atoms with E-state index in [-0.39, 0.29) is 21.1 Å². The zero-order valence-electron chi connectivity index (χ0n) is 2.61. The first-order valence-corrected chi connectivity index (χ1v) is 2.35. The largest absolute Gasteiger partial charge is 0.466 e. The fourth-order valence-electron chi connectivity index (χ4n) is 0. The van der Waals surface area contributed by atoms with Crippen molar-refractivity contribution in [3.63, 3.8) is 0 Å². The number of rotatable bonds is 0. The molecule has 0 atom stereocenters. The molecular formula is H3MoO4P. The predicted molar refractivity (Wildman–Crippen MR) is 14.3 cm³/mol. The Hall–Kier alpha value is 0.798. The van der Waals surface area contributed by atoms with E-state index < -0.39 is 7.82 Å². The van der Waals surface area contributed by atoms with Crippen LogP contribution in [0.3, 0.4) is 0 Å². The summed E-state index contributed by atoms with van der Waals surface area (Å²) >= 11 is 0. The molecule has 0 aliphatic heterocycles. The van der Waals surface area contributed by atoms with E-state index in [1.165, 1.54) is 0 Å². The molecule has 0 amide bonds. The normalized spacial score (nSPS) is 9.83. The van der Waals surface area contributed by atoms with E-state index in [9.17, 15) is 0 Å². The van der Waals surface area contributed by atoms with Crippen molar-refractivity contribution in [2.75, 3.05) is 0 Å². The third kappa shape index (κ3) is 109. The Balaban J connectivity index is 0. The maximum Gasteiger partial charge on any atom is 0.466 e. The Morgan fingerprint density at radius 2 is 1.17 bits per heavy atom. The molecule has 6 heavy (non-hydrogen) atoms. The summed E-state index contributed by atoms with van der Waals surface area (Å²) in [6, 6.07) is 0. The van der Waals surface area contributed by atoms with Crippen molar-refractivity contribution in [2.45, 2.75) is 0 Å². The van der Waals surface area contributed by atoms with Gasteiger partial charge in [-0.2, -0.15) is 0 Å². The third-order valence-corrected chi connectivity index (χ3v) is 0. The van der Waals surface area contributed by atoms with Gasteiger partial charge in [-0.25, -0.2) is 4.57 Å². The molecule has 0 spiro atoms. The topological polar surface area (TPSA) is 77.8 Å². The first-order valence-electron chi connectivity index (χ1n) is 0.783. The van der Waals surface area contributed by atoms with Gasteiger partial charge in [0.05, 0.1) is 0 Å². The first kappa shape index (κ1) is 9.93. The molecular weight excluding hydrogens is 191 g/mol. The van der Waals surface area contributed by atoms with Crippen LogP contribution in [0.25, 0.3) is 0 Å². The summed E-state index contributed by atoms with van der Waals surface area (Å²) in [4.78, 5) is 21.6. The van der Waals surface area contributed by atoms with E-state index in [1.54, 1.807) is 0 Å². The monoisotopic (exact) mass is 196 g/mol. The molecule has 38 valence electrons. The minimum Gasteiger partial charge on any atom is -0.303 e. The van der Waals surface area contributed by atoms with E-state index in [0.717, 1.165) is 0 Å². The van der Waals surface area contributed by atoms with Gasteiger partial charge in [0.25, 0.3) is 0 Å². The third-order valence-electron chi connectivity index (χ3n) is 0. The summed E-state index contributed by atoms with van der Waals surface area (Å²) in [7, 11) is -4.64. The molecule has 0 unspecified atom stereocenters. The molecule has 6 heteroatoms. The van der Waals surface area contributed by atoms with E-state index >= 15 is 0 Å². The summed E-state index contributed by atoms with van der Waals surface area (Å²) in [5.41, 5.74) is 0. The molecule has 0 rings (SSSR count). The van der Waals surface area contributed by atoms with Gasteiger partial charge in [-0.05, 0) is 0 Å². The minimum absolute atomic E-state index is 0. The Morgan fingerprint density at radius 3 is 1.17 bits per heavy atom. The fourth-order valence-corrected chi connectivity index (χ4v) is 0. The second-order valence-electron chi connectivity index (χ2n) is 0.513. The number of phosphoric acid groups is 1. The van der Waals surface area contributed by atoms with Crippen LogP contribution in [0.1, 0.15) is 0 Å². The molecule has 0 fully saturated rings. The van der Waals surface area contributed by atoms with Gasteiger partial charge in [-0.1, -0.05) is 0 Å². The Labute approximate surface area is 48.7 Å². The van der Waals surface area contributed by atoms with Crippen LogP contribution in [0, 0.1) is 0 Å². The second-order valence-corrected chi connectivity index (χ2v) is 1.54. The van der Waals surface area contributed by atoms with Crippen molar-refractivity contribution >= 4 is 7.82 Å². The van der Waals surface area contributed by atoms with Gasteiger partial charge in [0.1, 0.15) is 0 Å². The van der Waals surface area contributed by atoms with Crippen LogP contribution in [0.15, 0.2) is 0 Å². The van der Waals surface area contributed by atoms with Gasteiger partial charge in [0, 0.05) is 21.1 Å². The van der Waals surface area contributed by atoms with Crippen LogP contribution in [-0.4, -0.2) is 14.7 Å². The van der Waals surface area contributed by atoms with Crippen molar-refractivity contribution in [1.82, 2.24) is 0 Å². The van der Waals surface area contributed by atoms with Crippen molar-refractivity contribution < 1.29 is 40.3 Å². The number of hydrogen-bond donors (Lipinski definition) is 3. The van der Waals surface area contributed by atoms with Crippen LogP contribution >= 0.6 is 7.82 Å². The minimum atomic E-state index is -4.64. The SMILES string of the molecule is O=P(O)(O)O.[Mo]. The molecule has 0 aliphatic rings. The fraction of sp³-hybridized carbons (Fsp3) is 0. The average molecular weight is 194 g/mol. The Kier molecular flexibility index (Phi) is 4.78. The molecule has 0 bridgehead atoms. The van der Waals surface area contributed by atoms with Gasteiger partial charge >= 0.3 is 7.82 Å². The van der Waals surface area contributed by atoms with Crippen molar-refractivity contribution in [3.8, 4) is 0 Å². The van der Waals surface area contributed by atoms with E-state index in [0.29, 0.717) is 0 Å². The molecule has 0 aromatic rings. The van der Waals surface area contributed by atoms with Crippen molar-refractivity contribution in [1.29, 1.82) is 0 Å². The quantitative estimate of drug-likeness (QED) is 0.343. The predicted octanol–water partition coefficient (Wildman–Crippen LogP) is -0.931. The van der Waals surface area contributed by atoms with E-state index in [1.807, 2.05) is 0 Å². The second kappa shape index (κ2) is 2.89. The van der Waals surface area contributed by atoms with Crippen molar-refractivity contribution in [2.24, 2.45) is 0 Å². The maximum absolute atomic E-state index is 8.88. The van der Waals surface area contributed by atoms with Crippen LogP contribution < -0.4 is 0 Å². The summed E-state index contributed by atoms with van der Waals surface area (Å²) < 4.78 is 8.88. The van der Waals surface area contributed by atoms with Gasteiger partial charge in [-0.3, -0.25) is 0 Å². The molecule has 0 heterocycles. The summed E-state index contributed by atoms with van der Waals surface area (Å²) in [5, 5.41) is 0. The molecule has 3 N–H and O–H groups in total. The van der Waals surface area contributed by atoms with E-state index in [4.69, 9.17) is 19.2 Å². The zero-order chi connectivity index (χ0) is 4.50. The molecule has 0 aromatic heterocycles. The van der Waals surface area contributed by atoms with E-state index in [2.05, 4.69) is 0 Å². The zero-order valence-corrected chi connectivity index (χ0v) is 5.51. The van der Waals surface area contributed by atoms with Gasteiger partial charge in [0.2, 0.25) is 0 Å². The van der Waals surface area contributed by atoms with Crippen LogP contribution in [0.4, 0.5) is 0 Å². The van der Waals surface area contributed by atoms with Gasteiger partial charge in [-0.15, -0.1) is 0 Å². The van der Waals surface area contributed by atoms with Gasteiger partial charge < -0.3 is 14.7 Å². The average Bonchev–Trinajstić information content (AvgIpc) is 0.722. The summed E-state index contributed by atoms with van der Waals surface area (Å²) in [6.07, 6.45) is 0. The molecule has 0 saturated carbocycles. The Morgan fingerprint density at radius 1 is 1.17 bits per heavy atom. The number of hydrogen-bond acceptors (Lipinski definition) is 1. The molecule has 0 aliphatic carbocycles. The molecule has 0 saturated heterocycles. The van der Waals surface area contributed by atoms with Crippen LogP contribution in [0.5, 0.6) is 0 Å². The van der Waals surface area contributed by atoms with Crippen LogP contribution in [-0.2, 0) is 25.6 Å². The molecule has 4 nitrogen and oxygen atoms in total. The smallest absolute Gasteiger partial charge is 0.303 e. The maximum atomic E-state index is 8.88. The summed E-state index contributed by atoms with van der Waals surface area (Å²) in [5.74, 6) is 0. The Bertz CT molecular complexity index is 53.7. The molecule has 0 radical (unpaired) electrons. The van der Waals surface area contributed by atoms with Crippen molar-refractivity contribution in [3.05, 3.63) is 0 Å². The summed E-state index contributed by atoms with van der Waals surface area (Å²) in [6.45, 7) is 0. The molecule has 0 aromatic carbocycles. The first-order chi connectivity index (χ1) is 2.00. The standard InChI is InChI=1S/Mo.H3O4P/c;1-5(2,3)4/h;(H3,1,2,3,4). The van der Waals surface area contributed by atoms with Gasteiger partial charge in [0.15, 0.2) is 0 Å². The van der Waals surface area contributed by atoms with Crippen LogP contribution in [0.2, 0.25) is 0 Å².